The first-order valence-electron chi connectivity index (χ1n) is 7.19. The van der Waals surface area contributed by atoms with Gasteiger partial charge in [-0.25, -0.2) is 38.8 Å². The van der Waals surface area contributed by atoms with Gasteiger partial charge in [-0.2, -0.15) is 9.97 Å². The summed E-state index contributed by atoms with van der Waals surface area (Å²) in [4.78, 5) is 37.2. The summed E-state index contributed by atoms with van der Waals surface area (Å²) in [7, 11) is 0. The van der Waals surface area contributed by atoms with Crippen molar-refractivity contribution in [2.75, 3.05) is 0 Å². The van der Waals surface area contributed by atoms with Crippen LogP contribution < -0.4 is 11.4 Å². The minimum atomic E-state index is -0.365. The molecule has 2 N–H and O–H groups in total. The molecule has 0 amide bonds. The van der Waals surface area contributed by atoms with E-state index in [4.69, 9.17) is 0 Å². The van der Waals surface area contributed by atoms with Crippen LogP contribution in [-0.4, -0.2) is 47.6 Å². The summed E-state index contributed by atoms with van der Waals surface area (Å²) >= 11 is 0. The van der Waals surface area contributed by atoms with Crippen molar-refractivity contribution in [3.05, 3.63) is 55.9 Å². The molecule has 127 valence electrons. The van der Waals surface area contributed by atoms with Crippen molar-refractivity contribution in [3.8, 4) is 0 Å². The van der Waals surface area contributed by atoms with Gasteiger partial charge in [0.25, 0.3) is 11.6 Å². The van der Waals surface area contributed by atoms with Crippen molar-refractivity contribution < 1.29 is 0 Å². The zero-order chi connectivity index (χ0) is 17.4. The molecule has 11 heteroatoms. The monoisotopic (exact) mass is 339 g/mol. The lowest BCUT2D eigenvalue weighted by Crippen LogP contribution is -2.03. The summed E-state index contributed by atoms with van der Waals surface area (Å²) in [6.45, 7) is 7.51. The maximum absolute atomic E-state index is 10.8. The number of hydrogen-bond acceptors (Lipinski definition) is 6. The topological polar surface area (TPSA) is 126 Å². The summed E-state index contributed by atoms with van der Waals surface area (Å²) in [6, 6.07) is 3.76. The van der Waals surface area contributed by atoms with E-state index in [0.717, 1.165) is 22.8 Å². The Labute approximate surface area is 143 Å². The minimum absolute atomic E-state index is 0. The third kappa shape index (κ3) is 3.65. The summed E-state index contributed by atoms with van der Waals surface area (Å²) in [5, 5.41) is 5.08. The molecule has 0 aromatic carbocycles. The highest BCUT2D eigenvalue weighted by molar-refractivity contribution is 5.75. The van der Waals surface area contributed by atoms with E-state index in [2.05, 4.69) is 30.1 Å². The highest BCUT2D eigenvalue weighted by Gasteiger charge is 2.02. The summed E-state index contributed by atoms with van der Waals surface area (Å²) < 4.78 is 3.13. The number of H-pyrrole nitrogens is 2. The van der Waals surface area contributed by atoms with E-state index in [-0.39, 0.29) is 19.8 Å². The Kier molecular flexibility index (Phi) is 4.86. The number of hydrogen-bond donors (Lipinski definition) is 2. The van der Waals surface area contributed by atoms with E-state index < -0.39 is 0 Å². The number of nitrogens with one attached hydrogen (secondary N) is 2. The molecule has 10 nitrogen and oxygen atoms in total. The van der Waals surface area contributed by atoms with E-state index in [1.165, 1.54) is 0 Å². The second-order valence-electron chi connectivity index (χ2n) is 5.41. The normalized spacial score (nSPS) is 10.4. The zero-order valence-corrected chi connectivity index (χ0v) is 14.2. The Hall–Kier alpha value is -3.24. The third-order valence-electron chi connectivity index (χ3n) is 3.31. The van der Waals surface area contributed by atoms with E-state index in [1.807, 2.05) is 39.8 Å². The number of nitrogens with zero attached hydrogens (tertiary/aromatic N) is 6. The van der Waals surface area contributed by atoms with E-state index in [9.17, 15) is 9.59 Å². The highest BCUT2D eigenvalue weighted by Crippen LogP contribution is 2.01. The van der Waals surface area contributed by atoms with Gasteiger partial charge in [-0.15, -0.1) is 0 Å². The van der Waals surface area contributed by atoms with Gasteiger partial charge < -0.3 is 0 Å². The van der Waals surface area contributed by atoms with Crippen LogP contribution in [0.15, 0.2) is 21.7 Å². The van der Waals surface area contributed by atoms with Crippen LogP contribution >= 0.6 is 0 Å². The standard InChI is InChI=1S/2C7H8N4O.B/c2*1-4-3-5(2)11-6(8-4)9-7(12)10-11;/h2*3H,1-2H3,(H,10,12);. The van der Waals surface area contributed by atoms with Gasteiger partial charge in [0.1, 0.15) is 0 Å². The van der Waals surface area contributed by atoms with Gasteiger partial charge in [-0.05, 0) is 39.8 Å². The maximum atomic E-state index is 10.8. The second kappa shape index (κ2) is 6.71. The Morgan fingerprint density at radius 2 is 1.08 bits per heavy atom. The van der Waals surface area contributed by atoms with Crippen molar-refractivity contribution in [2.45, 2.75) is 27.7 Å². The quantitative estimate of drug-likeness (QED) is 0.423. The van der Waals surface area contributed by atoms with Crippen LogP contribution in [0, 0.1) is 27.7 Å². The Morgan fingerprint density at radius 3 is 1.44 bits per heavy atom. The van der Waals surface area contributed by atoms with Crippen molar-refractivity contribution in [1.82, 2.24) is 39.2 Å². The first-order chi connectivity index (χ1) is 11.3. The number of aromatic nitrogens is 8. The fraction of sp³-hybridized carbons (Fsp3) is 0.286. The van der Waals surface area contributed by atoms with Crippen molar-refractivity contribution in [1.29, 1.82) is 0 Å². The molecule has 4 heterocycles. The smallest absolute Gasteiger partial charge is 0.244 e. The molecule has 4 rings (SSSR count). The molecule has 4 aromatic rings. The molecule has 4 aromatic heterocycles. The van der Waals surface area contributed by atoms with Gasteiger partial charge in [0, 0.05) is 31.2 Å². The first-order valence-corrected chi connectivity index (χ1v) is 7.19. The molecule has 25 heavy (non-hydrogen) atoms. The number of aryl methyl sites for hydroxylation is 4. The Balaban J connectivity index is 0.000000173. The summed E-state index contributed by atoms with van der Waals surface area (Å²) in [5.74, 6) is 0.856. The molecular formula is C14H16BN8O2. The largest absolute Gasteiger partial charge is 0.363 e. The number of fused-ring (bicyclic) bond motifs is 2. The maximum Gasteiger partial charge on any atom is 0.363 e. The zero-order valence-electron chi connectivity index (χ0n) is 14.2. The van der Waals surface area contributed by atoms with Crippen molar-refractivity contribution in [3.63, 3.8) is 0 Å². The molecule has 0 bridgehead atoms. The molecule has 0 fully saturated rings. The number of aromatic amines is 2. The predicted molar refractivity (Wildman–Crippen MR) is 91.9 cm³/mol. The lowest BCUT2D eigenvalue weighted by Gasteiger charge is -1.97. The van der Waals surface area contributed by atoms with Crippen LogP contribution in [0.5, 0.6) is 0 Å². The molecule has 0 unspecified atom stereocenters. The third-order valence-corrected chi connectivity index (χ3v) is 3.31. The molecule has 0 aliphatic rings. The Morgan fingerprint density at radius 1 is 0.720 bits per heavy atom. The molecule has 0 spiro atoms. The summed E-state index contributed by atoms with van der Waals surface area (Å²) in [6.07, 6.45) is 0. The molecule has 0 saturated heterocycles. The van der Waals surface area contributed by atoms with Crippen molar-refractivity contribution in [2.24, 2.45) is 0 Å². The van der Waals surface area contributed by atoms with Gasteiger partial charge >= 0.3 is 11.4 Å². The van der Waals surface area contributed by atoms with Gasteiger partial charge in [-0.1, -0.05) is 0 Å². The molecule has 0 saturated carbocycles. The molecular weight excluding hydrogens is 323 g/mol. The SMILES string of the molecule is Cc1cc(C)n2[nH]c(=O)nc2n1.Cc1cc(C)n2[nH]c(=O)nc2n1.[B]. The average molecular weight is 339 g/mol. The average Bonchev–Trinajstić information content (AvgIpc) is 3.01. The molecule has 0 atom stereocenters. The molecule has 0 aliphatic carbocycles. The van der Waals surface area contributed by atoms with Crippen LogP contribution in [-0.2, 0) is 0 Å². The second-order valence-corrected chi connectivity index (χ2v) is 5.41. The lowest BCUT2D eigenvalue weighted by atomic mass is 10.4. The van der Waals surface area contributed by atoms with E-state index >= 15 is 0 Å². The van der Waals surface area contributed by atoms with Crippen LogP contribution in [0.25, 0.3) is 11.6 Å². The number of rotatable bonds is 0. The molecule has 3 radical (unpaired) electrons. The lowest BCUT2D eigenvalue weighted by molar-refractivity contribution is 0.871. The van der Waals surface area contributed by atoms with Gasteiger partial charge in [0.15, 0.2) is 0 Å². The fourth-order valence-electron chi connectivity index (χ4n) is 2.38. The van der Waals surface area contributed by atoms with Crippen molar-refractivity contribution >= 4 is 20.0 Å². The van der Waals surface area contributed by atoms with Gasteiger partial charge in [0.05, 0.1) is 0 Å². The minimum Gasteiger partial charge on any atom is -0.244 e. The van der Waals surface area contributed by atoms with Crippen LogP contribution in [0.2, 0.25) is 0 Å². The van der Waals surface area contributed by atoms with Gasteiger partial charge in [0.2, 0.25) is 0 Å². The Bertz CT molecular complexity index is 1060. The first kappa shape index (κ1) is 18.1. The van der Waals surface area contributed by atoms with E-state index in [1.54, 1.807) is 9.03 Å². The van der Waals surface area contributed by atoms with Crippen LogP contribution in [0.3, 0.4) is 0 Å². The fourth-order valence-corrected chi connectivity index (χ4v) is 2.38. The van der Waals surface area contributed by atoms with Gasteiger partial charge in [-0.3, -0.25) is 0 Å². The predicted octanol–water partition coefficient (Wildman–Crippen LogP) is -0.312. The summed E-state index contributed by atoms with van der Waals surface area (Å²) in [5.41, 5.74) is 2.84. The van der Waals surface area contributed by atoms with Crippen LogP contribution in [0.1, 0.15) is 22.8 Å². The van der Waals surface area contributed by atoms with E-state index in [0.29, 0.717) is 11.6 Å². The van der Waals surface area contributed by atoms with Crippen LogP contribution in [0.4, 0.5) is 0 Å². The molecule has 0 aliphatic heterocycles. The highest BCUT2D eigenvalue weighted by atomic mass is 16.1.